The number of likely N-dealkylation sites (tertiary alicyclic amines) is 1. The van der Waals surface area contributed by atoms with Crippen molar-refractivity contribution < 1.29 is 9.59 Å². The smallest absolute Gasteiger partial charge is 0.241 e. The molecule has 0 unspecified atom stereocenters. The molecule has 5 heteroatoms. The average Bonchev–Trinajstić information content (AvgIpc) is 2.74. The summed E-state index contributed by atoms with van der Waals surface area (Å²) in [7, 11) is 0. The molecule has 0 bridgehead atoms. The van der Waals surface area contributed by atoms with Gasteiger partial charge in [-0.3, -0.25) is 14.5 Å². The molecule has 0 aromatic heterocycles. The van der Waals surface area contributed by atoms with Gasteiger partial charge in [-0.25, -0.2) is 0 Å². The minimum atomic E-state index is -0.155. The van der Waals surface area contributed by atoms with Crippen molar-refractivity contribution in [2.24, 2.45) is 5.92 Å². The van der Waals surface area contributed by atoms with Crippen LogP contribution in [0.1, 0.15) is 44.2 Å². The summed E-state index contributed by atoms with van der Waals surface area (Å²) in [6.07, 6.45) is 4.65. The van der Waals surface area contributed by atoms with E-state index in [1.54, 1.807) is 12.1 Å². The van der Waals surface area contributed by atoms with Crippen molar-refractivity contribution in [3.63, 3.8) is 0 Å². The van der Waals surface area contributed by atoms with Gasteiger partial charge in [0.15, 0.2) is 0 Å². The largest absolute Gasteiger partial charge is 0.326 e. The highest BCUT2D eigenvalue weighted by Gasteiger charge is 2.26. The maximum Gasteiger partial charge on any atom is 0.241 e. The van der Waals surface area contributed by atoms with Crippen LogP contribution in [0.4, 0.5) is 11.4 Å². The fourth-order valence-corrected chi connectivity index (χ4v) is 4.01. The number of benzene rings is 2. The molecule has 2 amide bonds. The molecule has 160 valence electrons. The summed E-state index contributed by atoms with van der Waals surface area (Å²) in [5.74, 6) is 0.641. The van der Waals surface area contributed by atoms with Crippen LogP contribution in [0.25, 0.3) is 0 Å². The van der Waals surface area contributed by atoms with Gasteiger partial charge in [-0.1, -0.05) is 29.8 Å². The number of hydrogen-bond acceptors (Lipinski definition) is 3. The summed E-state index contributed by atoms with van der Waals surface area (Å²) < 4.78 is 0. The van der Waals surface area contributed by atoms with Crippen molar-refractivity contribution >= 4 is 23.2 Å². The second kappa shape index (κ2) is 10.4. The van der Waals surface area contributed by atoms with Gasteiger partial charge in [0.25, 0.3) is 0 Å². The van der Waals surface area contributed by atoms with Crippen molar-refractivity contribution in [2.45, 2.75) is 52.5 Å². The van der Waals surface area contributed by atoms with Gasteiger partial charge >= 0.3 is 0 Å². The third kappa shape index (κ3) is 6.42. The third-order valence-electron chi connectivity index (χ3n) is 6.01. The van der Waals surface area contributed by atoms with E-state index in [0.29, 0.717) is 0 Å². The molecule has 0 aliphatic carbocycles. The van der Waals surface area contributed by atoms with Gasteiger partial charge in [-0.2, -0.15) is 0 Å². The lowest BCUT2D eigenvalue weighted by molar-refractivity contribution is -0.121. The van der Waals surface area contributed by atoms with Crippen LogP contribution in [-0.2, 0) is 16.0 Å². The van der Waals surface area contributed by atoms with Gasteiger partial charge in [-0.15, -0.1) is 0 Å². The minimum absolute atomic E-state index is 0.0142. The Kier molecular flexibility index (Phi) is 7.63. The van der Waals surface area contributed by atoms with Gasteiger partial charge in [0.05, 0.1) is 6.04 Å². The van der Waals surface area contributed by atoms with E-state index in [1.807, 2.05) is 19.1 Å². The third-order valence-corrected chi connectivity index (χ3v) is 6.01. The molecule has 3 rings (SSSR count). The lowest BCUT2D eigenvalue weighted by Gasteiger charge is -2.35. The van der Waals surface area contributed by atoms with Crippen LogP contribution in [0.3, 0.4) is 0 Å². The summed E-state index contributed by atoms with van der Waals surface area (Å²) in [4.78, 5) is 26.1. The first-order valence-corrected chi connectivity index (χ1v) is 10.9. The average molecular weight is 408 g/mol. The summed E-state index contributed by atoms with van der Waals surface area (Å²) in [6, 6.07) is 15.9. The number of piperidine rings is 1. The quantitative estimate of drug-likeness (QED) is 0.704. The van der Waals surface area contributed by atoms with Crippen LogP contribution in [0.2, 0.25) is 0 Å². The number of amides is 2. The van der Waals surface area contributed by atoms with E-state index >= 15 is 0 Å². The number of hydrogen-bond donors (Lipinski definition) is 2. The van der Waals surface area contributed by atoms with Crippen molar-refractivity contribution in [3.05, 3.63) is 59.7 Å². The Hall–Kier alpha value is -2.66. The van der Waals surface area contributed by atoms with Crippen LogP contribution >= 0.6 is 0 Å². The molecule has 1 aliphatic rings. The van der Waals surface area contributed by atoms with Crippen LogP contribution < -0.4 is 10.6 Å². The number of rotatable bonds is 7. The molecule has 1 fully saturated rings. The molecule has 30 heavy (non-hydrogen) atoms. The molecule has 0 spiro atoms. The maximum atomic E-state index is 12.7. The lowest BCUT2D eigenvalue weighted by Crippen LogP contribution is -2.46. The molecule has 2 aromatic rings. The van der Waals surface area contributed by atoms with E-state index in [0.717, 1.165) is 49.6 Å². The Morgan fingerprint density at radius 3 is 2.10 bits per heavy atom. The Balaban J connectivity index is 1.42. The number of carbonyl (C=O) groups excluding carboxylic acids is 2. The zero-order valence-corrected chi connectivity index (χ0v) is 18.3. The predicted octanol–water partition coefficient (Wildman–Crippen LogP) is 4.63. The fraction of sp³-hybridized carbons (Fsp3) is 0.440. The van der Waals surface area contributed by atoms with Crippen molar-refractivity contribution in [3.8, 4) is 0 Å². The van der Waals surface area contributed by atoms with E-state index in [2.05, 4.69) is 46.7 Å². The van der Waals surface area contributed by atoms with E-state index in [9.17, 15) is 9.59 Å². The summed E-state index contributed by atoms with van der Waals surface area (Å²) in [5.41, 5.74) is 4.19. The number of nitrogens with one attached hydrogen (secondary N) is 2. The first-order valence-electron chi connectivity index (χ1n) is 10.9. The molecule has 1 heterocycles. The number of nitrogens with zero attached hydrogens (tertiary/aromatic N) is 1. The molecular weight excluding hydrogens is 374 g/mol. The summed E-state index contributed by atoms with van der Waals surface area (Å²) in [5, 5.41) is 5.72. The first kappa shape index (κ1) is 22.0. The predicted molar refractivity (Wildman–Crippen MR) is 123 cm³/mol. The van der Waals surface area contributed by atoms with Crippen molar-refractivity contribution in [1.29, 1.82) is 0 Å². The van der Waals surface area contributed by atoms with Crippen LogP contribution in [0, 0.1) is 12.8 Å². The molecule has 1 atom stereocenters. The van der Waals surface area contributed by atoms with E-state index < -0.39 is 0 Å². The number of anilines is 2. The lowest BCUT2D eigenvalue weighted by atomic mass is 9.90. The molecule has 1 saturated heterocycles. The fourth-order valence-electron chi connectivity index (χ4n) is 4.01. The standard InChI is InChI=1S/C25H33N3O2/c1-18-4-6-21(7-5-18)8-9-22-14-16-28(17-15-22)19(2)25(30)27-24-12-10-23(11-13-24)26-20(3)29/h4-7,10-13,19,22H,8-9,14-17H2,1-3H3,(H,26,29)(H,27,30)/t19-/m0/s1. The zero-order valence-electron chi connectivity index (χ0n) is 18.3. The monoisotopic (exact) mass is 407 g/mol. The second-order valence-corrected chi connectivity index (χ2v) is 8.43. The van der Waals surface area contributed by atoms with E-state index in [4.69, 9.17) is 0 Å². The van der Waals surface area contributed by atoms with Crippen molar-refractivity contribution in [1.82, 2.24) is 4.90 Å². The van der Waals surface area contributed by atoms with E-state index in [1.165, 1.54) is 24.5 Å². The first-order chi connectivity index (χ1) is 14.4. The normalized spacial score (nSPS) is 16.1. The SMILES string of the molecule is CC(=O)Nc1ccc(NC(=O)[C@H](C)N2CCC(CCc3ccc(C)cc3)CC2)cc1. The maximum absolute atomic E-state index is 12.7. The molecule has 2 N–H and O–H groups in total. The minimum Gasteiger partial charge on any atom is -0.326 e. The Labute approximate surface area is 179 Å². The molecule has 5 nitrogen and oxygen atoms in total. The van der Waals surface area contributed by atoms with Gasteiger partial charge in [0.2, 0.25) is 11.8 Å². The molecule has 2 aromatic carbocycles. The van der Waals surface area contributed by atoms with Gasteiger partial charge in [0, 0.05) is 18.3 Å². The molecular formula is C25H33N3O2. The van der Waals surface area contributed by atoms with Gasteiger partial charge in [-0.05, 0) is 88.4 Å². The Morgan fingerprint density at radius 2 is 1.53 bits per heavy atom. The van der Waals surface area contributed by atoms with Crippen molar-refractivity contribution in [2.75, 3.05) is 23.7 Å². The highest BCUT2D eigenvalue weighted by molar-refractivity contribution is 5.95. The Bertz CT molecular complexity index is 838. The highest BCUT2D eigenvalue weighted by Crippen LogP contribution is 2.24. The number of carbonyl (C=O) groups is 2. The Morgan fingerprint density at radius 1 is 0.967 bits per heavy atom. The van der Waals surface area contributed by atoms with Gasteiger partial charge < -0.3 is 10.6 Å². The molecule has 0 radical (unpaired) electrons. The van der Waals surface area contributed by atoms with Gasteiger partial charge in [0.1, 0.15) is 0 Å². The van der Waals surface area contributed by atoms with Crippen LogP contribution in [0.5, 0.6) is 0 Å². The molecule has 1 aliphatic heterocycles. The van der Waals surface area contributed by atoms with Crippen LogP contribution in [0.15, 0.2) is 48.5 Å². The van der Waals surface area contributed by atoms with E-state index in [-0.39, 0.29) is 17.9 Å². The van der Waals surface area contributed by atoms with Crippen LogP contribution in [-0.4, -0.2) is 35.8 Å². The molecule has 0 saturated carbocycles. The highest BCUT2D eigenvalue weighted by atomic mass is 16.2. The zero-order chi connectivity index (χ0) is 21.5. The number of aryl methyl sites for hydroxylation is 2. The summed E-state index contributed by atoms with van der Waals surface area (Å²) in [6.45, 7) is 7.51. The second-order valence-electron chi connectivity index (χ2n) is 8.43. The summed E-state index contributed by atoms with van der Waals surface area (Å²) >= 11 is 0. The topological polar surface area (TPSA) is 61.4 Å².